The standard InChI is InChI=1S/C17H18N2O3S2/c20-17(19-9-6-16-15(13-19)7-10-23-16)12-18-24(21,22)11-8-14-4-2-1-3-5-14/h1-5,7-8,10-11,18H,6,9,12-13H2. The summed E-state index contributed by atoms with van der Waals surface area (Å²) in [7, 11) is -3.64. The van der Waals surface area contributed by atoms with Gasteiger partial charge >= 0.3 is 0 Å². The predicted molar refractivity (Wildman–Crippen MR) is 95.8 cm³/mol. The second-order valence-electron chi connectivity index (χ2n) is 5.51. The van der Waals surface area contributed by atoms with E-state index in [2.05, 4.69) is 4.72 Å². The molecule has 0 atom stereocenters. The van der Waals surface area contributed by atoms with Gasteiger partial charge in [-0.3, -0.25) is 4.79 Å². The highest BCUT2D eigenvalue weighted by molar-refractivity contribution is 7.92. The molecule has 0 aliphatic carbocycles. The van der Waals surface area contributed by atoms with Crippen LogP contribution in [0.25, 0.3) is 6.08 Å². The minimum Gasteiger partial charge on any atom is -0.337 e. The van der Waals surface area contributed by atoms with Crippen LogP contribution in [0.1, 0.15) is 16.0 Å². The zero-order valence-corrected chi connectivity index (χ0v) is 14.6. The first-order valence-corrected chi connectivity index (χ1v) is 10.0. The Bertz CT molecular complexity index is 842. The molecular formula is C17H18N2O3S2. The maximum atomic E-state index is 12.2. The molecule has 0 saturated heterocycles. The van der Waals surface area contributed by atoms with Crippen LogP contribution in [-0.4, -0.2) is 32.3 Å². The third-order valence-corrected chi connectivity index (χ3v) is 5.89. The lowest BCUT2D eigenvalue weighted by molar-refractivity contribution is -0.130. The van der Waals surface area contributed by atoms with Crippen molar-refractivity contribution >= 4 is 33.3 Å². The summed E-state index contributed by atoms with van der Waals surface area (Å²) >= 11 is 1.70. The Balaban J connectivity index is 1.55. The first-order chi connectivity index (χ1) is 11.5. The predicted octanol–water partition coefficient (Wildman–Crippen LogP) is 2.22. The summed E-state index contributed by atoms with van der Waals surface area (Å²) in [5.41, 5.74) is 1.95. The zero-order chi connectivity index (χ0) is 17.0. The summed E-state index contributed by atoms with van der Waals surface area (Å²) in [5, 5.41) is 3.11. The summed E-state index contributed by atoms with van der Waals surface area (Å²) in [5.74, 6) is -0.205. The normalized spacial score (nSPS) is 14.8. The van der Waals surface area contributed by atoms with Crippen LogP contribution < -0.4 is 4.72 Å². The number of hydrogen-bond donors (Lipinski definition) is 1. The van der Waals surface area contributed by atoms with Gasteiger partial charge < -0.3 is 4.90 Å². The van der Waals surface area contributed by atoms with E-state index in [1.165, 1.54) is 11.0 Å². The van der Waals surface area contributed by atoms with Gasteiger partial charge in [-0.25, -0.2) is 13.1 Å². The maximum absolute atomic E-state index is 12.2. The lowest BCUT2D eigenvalue weighted by atomic mass is 10.1. The van der Waals surface area contributed by atoms with E-state index in [0.717, 1.165) is 23.0 Å². The van der Waals surface area contributed by atoms with Crippen molar-refractivity contribution in [3.8, 4) is 0 Å². The lowest BCUT2D eigenvalue weighted by Crippen LogP contribution is -2.41. The SMILES string of the molecule is O=C(CNS(=O)(=O)C=Cc1ccccc1)N1CCc2sccc2C1. The van der Waals surface area contributed by atoms with Gasteiger partial charge in [-0.05, 0) is 35.1 Å². The van der Waals surface area contributed by atoms with Crippen molar-refractivity contribution in [1.82, 2.24) is 9.62 Å². The van der Waals surface area contributed by atoms with Crippen LogP contribution in [0.2, 0.25) is 0 Å². The molecule has 24 heavy (non-hydrogen) atoms. The molecule has 0 radical (unpaired) electrons. The van der Waals surface area contributed by atoms with Gasteiger partial charge in [-0.1, -0.05) is 30.3 Å². The lowest BCUT2D eigenvalue weighted by Gasteiger charge is -2.27. The van der Waals surface area contributed by atoms with E-state index in [9.17, 15) is 13.2 Å². The fraction of sp³-hybridized carbons (Fsp3) is 0.235. The molecule has 1 aromatic heterocycles. The zero-order valence-electron chi connectivity index (χ0n) is 13.0. The number of rotatable bonds is 5. The highest BCUT2D eigenvalue weighted by Gasteiger charge is 2.22. The first-order valence-electron chi connectivity index (χ1n) is 7.59. The second-order valence-corrected chi connectivity index (χ2v) is 8.17. The van der Waals surface area contributed by atoms with Gasteiger partial charge in [0.2, 0.25) is 15.9 Å². The van der Waals surface area contributed by atoms with Gasteiger partial charge in [0, 0.05) is 23.4 Å². The number of benzene rings is 1. The second kappa shape index (κ2) is 7.29. The van der Waals surface area contributed by atoms with Crippen LogP contribution in [0.4, 0.5) is 0 Å². The molecule has 1 amide bonds. The fourth-order valence-electron chi connectivity index (χ4n) is 2.52. The average molecular weight is 362 g/mol. The fourth-order valence-corrected chi connectivity index (χ4v) is 4.16. The van der Waals surface area contributed by atoms with Gasteiger partial charge in [0.1, 0.15) is 0 Å². The third-order valence-electron chi connectivity index (χ3n) is 3.82. The van der Waals surface area contributed by atoms with Crippen molar-refractivity contribution in [3.63, 3.8) is 0 Å². The molecular weight excluding hydrogens is 344 g/mol. The first kappa shape index (κ1) is 16.9. The quantitative estimate of drug-likeness (QED) is 0.887. The highest BCUT2D eigenvalue weighted by atomic mass is 32.2. The van der Waals surface area contributed by atoms with E-state index in [0.29, 0.717) is 13.1 Å². The van der Waals surface area contributed by atoms with Crippen LogP contribution >= 0.6 is 11.3 Å². The number of thiophene rings is 1. The van der Waals surface area contributed by atoms with Gasteiger partial charge in [-0.2, -0.15) is 0 Å². The van der Waals surface area contributed by atoms with Crippen molar-refractivity contribution in [2.24, 2.45) is 0 Å². The molecule has 0 fully saturated rings. The monoisotopic (exact) mass is 362 g/mol. The third kappa shape index (κ3) is 4.31. The van der Waals surface area contributed by atoms with E-state index in [1.54, 1.807) is 16.2 Å². The number of carbonyl (C=O) groups is 1. The number of nitrogens with zero attached hydrogens (tertiary/aromatic N) is 1. The average Bonchev–Trinajstić information content (AvgIpc) is 3.07. The Morgan fingerprint density at radius 2 is 2.04 bits per heavy atom. The number of nitrogens with one attached hydrogen (secondary N) is 1. The molecule has 126 valence electrons. The molecule has 7 heteroatoms. The number of carbonyl (C=O) groups excluding carboxylic acids is 1. The smallest absolute Gasteiger partial charge is 0.237 e. The molecule has 0 saturated carbocycles. The summed E-state index contributed by atoms with van der Waals surface area (Å²) in [6, 6.07) is 11.2. The Kier molecular flexibility index (Phi) is 5.13. The maximum Gasteiger partial charge on any atom is 0.237 e. The molecule has 1 aliphatic heterocycles. The Labute approximate surface area is 145 Å². The Morgan fingerprint density at radius 3 is 2.83 bits per heavy atom. The molecule has 0 bridgehead atoms. The van der Waals surface area contributed by atoms with Crippen molar-refractivity contribution in [3.05, 3.63) is 63.2 Å². The van der Waals surface area contributed by atoms with Crippen LogP contribution in [0, 0.1) is 0 Å². The van der Waals surface area contributed by atoms with Crippen LogP contribution in [0.5, 0.6) is 0 Å². The van der Waals surface area contributed by atoms with Gasteiger partial charge in [0.05, 0.1) is 6.54 Å². The molecule has 1 aromatic carbocycles. The number of sulfonamides is 1. The highest BCUT2D eigenvalue weighted by Crippen LogP contribution is 2.23. The summed E-state index contributed by atoms with van der Waals surface area (Å²) < 4.78 is 26.3. The minimum atomic E-state index is -3.64. The topological polar surface area (TPSA) is 66.5 Å². The van der Waals surface area contributed by atoms with Crippen molar-refractivity contribution < 1.29 is 13.2 Å². The van der Waals surface area contributed by atoms with E-state index in [4.69, 9.17) is 0 Å². The largest absolute Gasteiger partial charge is 0.337 e. The van der Waals surface area contributed by atoms with E-state index in [1.807, 2.05) is 41.8 Å². The van der Waals surface area contributed by atoms with Gasteiger partial charge in [-0.15, -0.1) is 11.3 Å². The van der Waals surface area contributed by atoms with Crippen LogP contribution in [-0.2, 0) is 27.8 Å². The summed E-state index contributed by atoms with van der Waals surface area (Å²) in [6.07, 6.45) is 2.34. The van der Waals surface area contributed by atoms with Crippen LogP contribution in [0.15, 0.2) is 47.2 Å². The van der Waals surface area contributed by atoms with Gasteiger partial charge in [0.15, 0.2) is 0 Å². The molecule has 1 N–H and O–H groups in total. The Morgan fingerprint density at radius 1 is 1.25 bits per heavy atom. The van der Waals surface area contributed by atoms with Crippen molar-refractivity contribution in [2.75, 3.05) is 13.1 Å². The molecule has 0 unspecified atom stereocenters. The van der Waals surface area contributed by atoms with Crippen molar-refractivity contribution in [1.29, 1.82) is 0 Å². The molecule has 5 nitrogen and oxygen atoms in total. The van der Waals surface area contributed by atoms with E-state index < -0.39 is 10.0 Å². The van der Waals surface area contributed by atoms with E-state index in [-0.39, 0.29) is 12.5 Å². The van der Waals surface area contributed by atoms with E-state index >= 15 is 0 Å². The van der Waals surface area contributed by atoms with Crippen LogP contribution in [0.3, 0.4) is 0 Å². The molecule has 2 aromatic rings. The number of fused-ring (bicyclic) bond motifs is 1. The summed E-state index contributed by atoms with van der Waals surface area (Å²) in [6.45, 7) is 0.966. The number of amides is 1. The van der Waals surface area contributed by atoms with Crippen molar-refractivity contribution in [2.45, 2.75) is 13.0 Å². The summed E-state index contributed by atoms with van der Waals surface area (Å²) in [4.78, 5) is 15.2. The minimum absolute atomic E-state index is 0.205. The van der Waals surface area contributed by atoms with Gasteiger partial charge in [0.25, 0.3) is 0 Å². The molecule has 1 aliphatic rings. The Hall–Kier alpha value is -1.96. The molecule has 0 spiro atoms. The number of hydrogen-bond acceptors (Lipinski definition) is 4. The molecule has 2 heterocycles. The molecule has 3 rings (SSSR count).